The first kappa shape index (κ1) is 29.4. The second-order valence-corrected chi connectivity index (χ2v) is 12.2. The number of hydrogen-bond donors (Lipinski definition) is 0. The first-order valence-corrected chi connectivity index (χ1v) is 13.7. The Labute approximate surface area is 212 Å². The molecule has 2 saturated heterocycles. The summed E-state index contributed by atoms with van der Waals surface area (Å²) < 4.78 is 1.85. The van der Waals surface area contributed by atoms with Crippen LogP contribution in [0.25, 0.3) is 0 Å². The zero-order valence-corrected chi connectivity index (χ0v) is 23.2. The minimum atomic E-state index is -0.149. The van der Waals surface area contributed by atoms with Crippen molar-refractivity contribution in [2.75, 3.05) is 67.5 Å². The van der Waals surface area contributed by atoms with E-state index in [0.717, 1.165) is 48.0 Å². The van der Waals surface area contributed by atoms with Crippen LogP contribution in [-0.2, 0) is 19.2 Å². The Bertz CT molecular complexity index is 702. The van der Waals surface area contributed by atoms with E-state index in [1.807, 2.05) is 13.8 Å². The Morgan fingerprint density at radius 1 is 0.571 bits per heavy atom. The van der Waals surface area contributed by atoms with E-state index >= 15 is 0 Å². The summed E-state index contributed by atoms with van der Waals surface area (Å²) in [6, 6.07) is 0. The SMILES string of the molecule is CC1CC(=O)N(CCC[N+](C)(C)CCCCCCC[N+](C)(C)CCCN2C(=O)CC(C)C2=O)C1=O. The minimum absolute atomic E-state index is 0.00599. The average Bonchev–Trinajstić information content (AvgIpc) is 3.15. The fourth-order valence-corrected chi connectivity index (χ4v) is 5.31. The quantitative estimate of drug-likeness (QED) is 0.188. The summed E-state index contributed by atoms with van der Waals surface area (Å²) >= 11 is 0. The standard InChI is InChI=1S/C27H50N4O4/c1-22-20-24(32)28(26(22)34)14-12-18-30(3,4)16-10-8-7-9-11-17-31(5,6)19-13-15-29-25(33)21-23(2)27(29)35/h22-23H,7-21H2,1-6H3/q+2. The lowest BCUT2D eigenvalue weighted by Gasteiger charge is -2.31. The van der Waals surface area contributed by atoms with Crippen molar-refractivity contribution in [3.8, 4) is 0 Å². The van der Waals surface area contributed by atoms with Gasteiger partial charge in [-0.1, -0.05) is 20.3 Å². The highest BCUT2D eigenvalue weighted by Crippen LogP contribution is 2.20. The fraction of sp³-hybridized carbons (Fsp3) is 0.852. The van der Waals surface area contributed by atoms with Crippen LogP contribution in [0.2, 0.25) is 0 Å². The maximum atomic E-state index is 12.0. The van der Waals surface area contributed by atoms with E-state index in [4.69, 9.17) is 0 Å². The van der Waals surface area contributed by atoms with Gasteiger partial charge in [0.15, 0.2) is 0 Å². The summed E-state index contributed by atoms with van der Waals surface area (Å²) in [7, 11) is 8.95. The van der Waals surface area contributed by atoms with Crippen LogP contribution >= 0.6 is 0 Å². The number of carbonyl (C=O) groups is 4. The highest BCUT2D eigenvalue weighted by molar-refractivity contribution is 6.03. The number of quaternary nitrogens is 2. The van der Waals surface area contributed by atoms with Gasteiger partial charge in [0.25, 0.3) is 0 Å². The zero-order valence-electron chi connectivity index (χ0n) is 23.2. The molecule has 2 rings (SSSR count). The van der Waals surface area contributed by atoms with Gasteiger partial charge >= 0.3 is 0 Å². The van der Waals surface area contributed by atoms with Crippen molar-refractivity contribution >= 4 is 23.6 Å². The molecule has 0 spiro atoms. The van der Waals surface area contributed by atoms with Gasteiger partial charge in [0.05, 0.1) is 54.4 Å². The van der Waals surface area contributed by atoms with Gasteiger partial charge in [-0.3, -0.25) is 29.0 Å². The molecular formula is C27H50N4O4+2. The van der Waals surface area contributed by atoms with Crippen LogP contribution in [0.3, 0.4) is 0 Å². The Hall–Kier alpha value is -1.80. The summed E-state index contributed by atoms with van der Waals surface area (Å²) in [5, 5.41) is 0. The van der Waals surface area contributed by atoms with E-state index < -0.39 is 0 Å². The molecule has 0 radical (unpaired) electrons. The number of unbranched alkanes of at least 4 members (excludes halogenated alkanes) is 4. The van der Waals surface area contributed by atoms with E-state index in [9.17, 15) is 19.2 Å². The molecule has 0 N–H and O–H groups in total. The van der Waals surface area contributed by atoms with Crippen molar-refractivity contribution in [2.24, 2.45) is 11.8 Å². The molecule has 200 valence electrons. The smallest absolute Gasteiger partial charge is 0.232 e. The molecule has 8 nitrogen and oxygen atoms in total. The van der Waals surface area contributed by atoms with Gasteiger partial charge in [-0.25, -0.2) is 0 Å². The van der Waals surface area contributed by atoms with E-state index in [1.54, 1.807) is 0 Å². The number of rotatable bonds is 16. The van der Waals surface area contributed by atoms with Crippen LogP contribution in [0.5, 0.6) is 0 Å². The van der Waals surface area contributed by atoms with Gasteiger partial charge in [0.2, 0.25) is 23.6 Å². The molecule has 2 fully saturated rings. The minimum Gasteiger partial charge on any atom is -0.328 e. The molecule has 0 saturated carbocycles. The van der Waals surface area contributed by atoms with E-state index in [0.29, 0.717) is 25.9 Å². The number of likely N-dealkylation sites (tertiary alicyclic amines) is 2. The third kappa shape index (κ3) is 9.30. The molecular weight excluding hydrogens is 444 g/mol. The average molecular weight is 495 g/mol. The molecule has 0 aromatic heterocycles. The molecule has 0 aliphatic carbocycles. The second-order valence-electron chi connectivity index (χ2n) is 12.2. The third-order valence-corrected chi connectivity index (χ3v) is 7.76. The Kier molecular flexibility index (Phi) is 10.9. The zero-order chi connectivity index (χ0) is 26.2. The molecule has 2 unspecified atom stereocenters. The largest absolute Gasteiger partial charge is 0.328 e. The molecule has 0 bridgehead atoms. The van der Waals surface area contributed by atoms with Crippen LogP contribution in [0.1, 0.15) is 71.6 Å². The van der Waals surface area contributed by atoms with Crippen molar-refractivity contribution in [3.63, 3.8) is 0 Å². The van der Waals surface area contributed by atoms with Crippen molar-refractivity contribution in [1.82, 2.24) is 9.80 Å². The summed E-state index contributed by atoms with van der Waals surface area (Å²) in [6.07, 6.45) is 8.55. The summed E-state index contributed by atoms with van der Waals surface area (Å²) in [5.74, 6) is -0.335. The molecule has 0 aromatic rings. The van der Waals surface area contributed by atoms with Gasteiger partial charge in [0.1, 0.15) is 0 Å². The predicted molar refractivity (Wildman–Crippen MR) is 137 cm³/mol. The first-order chi connectivity index (χ1) is 16.3. The summed E-state index contributed by atoms with van der Waals surface area (Å²) in [6.45, 7) is 8.97. The third-order valence-electron chi connectivity index (χ3n) is 7.76. The van der Waals surface area contributed by atoms with Gasteiger partial charge in [-0.15, -0.1) is 0 Å². The molecule has 2 heterocycles. The van der Waals surface area contributed by atoms with Crippen LogP contribution in [-0.4, -0.2) is 110 Å². The number of nitrogens with zero attached hydrogens (tertiary/aromatic N) is 4. The molecule has 4 amide bonds. The van der Waals surface area contributed by atoms with E-state index in [1.165, 1.54) is 41.9 Å². The number of carbonyl (C=O) groups excluding carboxylic acids is 4. The molecule has 8 heteroatoms. The van der Waals surface area contributed by atoms with Crippen molar-refractivity contribution in [2.45, 2.75) is 71.6 Å². The van der Waals surface area contributed by atoms with Gasteiger partial charge in [-0.2, -0.15) is 0 Å². The van der Waals surface area contributed by atoms with Crippen LogP contribution in [0, 0.1) is 11.8 Å². The molecule has 35 heavy (non-hydrogen) atoms. The van der Waals surface area contributed by atoms with Crippen LogP contribution in [0.4, 0.5) is 0 Å². The van der Waals surface area contributed by atoms with Gasteiger partial charge < -0.3 is 8.97 Å². The highest BCUT2D eigenvalue weighted by atomic mass is 16.2. The van der Waals surface area contributed by atoms with Crippen LogP contribution < -0.4 is 0 Å². The second kappa shape index (κ2) is 12.9. The number of hydrogen-bond acceptors (Lipinski definition) is 4. The lowest BCUT2D eigenvalue weighted by Crippen LogP contribution is -2.43. The van der Waals surface area contributed by atoms with E-state index in [-0.39, 0.29) is 35.5 Å². The first-order valence-electron chi connectivity index (χ1n) is 13.7. The molecule has 2 atom stereocenters. The Morgan fingerprint density at radius 3 is 1.20 bits per heavy atom. The van der Waals surface area contributed by atoms with Gasteiger partial charge in [0, 0.05) is 50.6 Å². The Morgan fingerprint density at radius 2 is 0.886 bits per heavy atom. The van der Waals surface area contributed by atoms with Crippen LogP contribution in [0.15, 0.2) is 0 Å². The van der Waals surface area contributed by atoms with E-state index in [2.05, 4.69) is 28.2 Å². The molecule has 0 aromatic carbocycles. The fourth-order valence-electron chi connectivity index (χ4n) is 5.31. The lowest BCUT2D eigenvalue weighted by atomic mass is 10.1. The molecule has 2 aliphatic rings. The lowest BCUT2D eigenvalue weighted by molar-refractivity contribution is -0.890. The normalized spacial score (nSPS) is 21.7. The summed E-state index contributed by atoms with van der Waals surface area (Å²) in [5.41, 5.74) is 0. The van der Waals surface area contributed by atoms with Crippen molar-refractivity contribution in [1.29, 1.82) is 0 Å². The number of imide groups is 2. The topological polar surface area (TPSA) is 74.8 Å². The number of amides is 4. The maximum Gasteiger partial charge on any atom is 0.232 e. The maximum absolute atomic E-state index is 12.0. The molecule has 2 aliphatic heterocycles. The summed E-state index contributed by atoms with van der Waals surface area (Å²) in [4.78, 5) is 50.8. The Balaban J connectivity index is 1.51. The van der Waals surface area contributed by atoms with Crippen molar-refractivity contribution < 1.29 is 28.1 Å². The monoisotopic (exact) mass is 494 g/mol. The van der Waals surface area contributed by atoms with Gasteiger partial charge in [-0.05, 0) is 25.7 Å². The van der Waals surface area contributed by atoms with Crippen molar-refractivity contribution in [3.05, 3.63) is 0 Å². The highest BCUT2D eigenvalue weighted by Gasteiger charge is 2.36. The predicted octanol–water partition coefficient (Wildman–Crippen LogP) is 2.66.